The number of halogens is 4. The number of urea groups is 1. The number of nitrogens with one attached hydrogen (secondary N) is 3. The van der Waals surface area contributed by atoms with Gasteiger partial charge in [0.2, 0.25) is 11.8 Å². The fourth-order valence-electron chi connectivity index (χ4n) is 3.71. The lowest BCUT2D eigenvalue weighted by atomic mass is 10.1. The monoisotopic (exact) mass is 494 g/mol. The number of alkyl halides is 3. The number of hydrogen-bond acceptors (Lipinski definition) is 4. The molecule has 4 N–H and O–H groups in total. The van der Waals surface area contributed by atoms with Gasteiger partial charge in [-0.1, -0.05) is 17.7 Å². The Bertz CT molecular complexity index is 1310. The van der Waals surface area contributed by atoms with Gasteiger partial charge in [-0.25, -0.2) is 4.79 Å². The van der Waals surface area contributed by atoms with Crippen molar-refractivity contribution < 1.29 is 32.7 Å². The molecule has 1 aliphatic rings. The van der Waals surface area contributed by atoms with E-state index in [4.69, 9.17) is 11.6 Å². The number of anilines is 1. The molecule has 1 aliphatic heterocycles. The predicted octanol–water partition coefficient (Wildman–Crippen LogP) is 4.32. The van der Waals surface area contributed by atoms with Crippen LogP contribution in [-0.4, -0.2) is 27.5 Å². The number of imide groups is 1. The van der Waals surface area contributed by atoms with E-state index in [1.807, 2.05) is 0 Å². The third kappa shape index (κ3) is 4.79. The summed E-state index contributed by atoms with van der Waals surface area (Å²) in [5.74, 6) is -0.991. The van der Waals surface area contributed by atoms with Gasteiger partial charge in [-0.05, 0) is 42.3 Å². The van der Waals surface area contributed by atoms with Crippen molar-refractivity contribution in [2.75, 3.05) is 5.32 Å². The standard InChI is InChI=1S/C22H18ClF3N4O4/c23-15-4-2-13(22(24,25)26)8-16(15)28-21(34)27-9-11-1-3-14-12(7-11)10-30(20(14)33)17-5-6-18(31)29-19(17)32/h1-4,7-8,10,17,33H,5-6,9H2,(H2,27,28,34)(H,29,31,32). The van der Waals surface area contributed by atoms with Gasteiger partial charge in [0.25, 0.3) is 0 Å². The molecule has 34 heavy (non-hydrogen) atoms. The molecule has 1 aromatic heterocycles. The first-order valence-corrected chi connectivity index (χ1v) is 10.5. The Morgan fingerprint density at radius 3 is 2.68 bits per heavy atom. The second-order valence-electron chi connectivity index (χ2n) is 7.75. The van der Waals surface area contributed by atoms with Crippen LogP contribution in [0.2, 0.25) is 5.02 Å². The first kappa shape index (κ1) is 23.4. The second kappa shape index (κ2) is 8.90. The Balaban J connectivity index is 1.46. The zero-order valence-electron chi connectivity index (χ0n) is 17.4. The number of fused-ring (bicyclic) bond motifs is 1. The summed E-state index contributed by atoms with van der Waals surface area (Å²) in [5, 5.41) is 18.6. The Morgan fingerprint density at radius 1 is 1.21 bits per heavy atom. The lowest BCUT2D eigenvalue weighted by Crippen LogP contribution is -2.41. The third-order valence-electron chi connectivity index (χ3n) is 5.42. The van der Waals surface area contributed by atoms with Crippen molar-refractivity contribution in [2.24, 2.45) is 0 Å². The number of carbonyl (C=O) groups is 3. The molecule has 2 heterocycles. The average Bonchev–Trinajstić information content (AvgIpc) is 3.08. The maximum Gasteiger partial charge on any atom is 0.416 e. The fourth-order valence-corrected chi connectivity index (χ4v) is 3.88. The number of hydrogen-bond donors (Lipinski definition) is 4. The molecule has 8 nitrogen and oxygen atoms in total. The van der Waals surface area contributed by atoms with Crippen LogP contribution in [0.25, 0.3) is 10.8 Å². The van der Waals surface area contributed by atoms with Crippen molar-refractivity contribution in [3.05, 3.63) is 58.7 Å². The number of benzene rings is 2. The van der Waals surface area contributed by atoms with Crippen molar-refractivity contribution in [1.29, 1.82) is 0 Å². The zero-order chi connectivity index (χ0) is 24.6. The van der Waals surface area contributed by atoms with Gasteiger partial charge in [0.1, 0.15) is 6.04 Å². The summed E-state index contributed by atoms with van der Waals surface area (Å²) in [6, 6.07) is 6.08. The van der Waals surface area contributed by atoms with Gasteiger partial charge in [0.15, 0.2) is 5.88 Å². The lowest BCUT2D eigenvalue weighted by Gasteiger charge is -2.22. The molecule has 1 fully saturated rings. The quantitative estimate of drug-likeness (QED) is 0.405. The Morgan fingerprint density at radius 2 is 1.97 bits per heavy atom. The first-order chi connectivity index (χ1) is 16.0. The molecule has 178 valence electrons. The smallest absolute Gasteiger partial charge is 0.416 e. The van der Waals surface area contributed by atoms with Crippen LogP contribution < -0.4 is 16.0 Å². The van der Waals surface area contributed by atoms with Gasteiger partial charge < -0.3 is 20.3 Å². The van der Waals surface area contributed by atoms with Gasteiger partial charge >= 0.3 is 12.2 Å². The van der Waals surface area contributed by atoms with E-state index in [2.05, 4.69) is 16.0 Å². The van der Waals surface area contributed by atoms with E-state index < -0.39 is 29.7 Å². The summed E-state index contributed by atoms with van der Waals surface area (Å²) < 4.78 is 40.1. The SMILES string of the molecule is O=C1CCC(n2cc3cc(CNC(=O)Nc4cc(C(F)(F)F)ccc4Cl)ccc3c2O)C(=O)N1. The summed E-state index contributed by atoms with van der Waals surface area (Å²) in [5.41, 5.74) is -0.494. The Kier molecular flexibility index (Phi) is 6.13. The molecule has 1 saturated heterocycles. The molecule has 1 unspecified atom stereocenters. The van der Waals surface area contributed by atoms with Gasteiger partial charge in [0.05, 0.1) is 16.3 Å². The first-order valence-electron chi connectivity index (χ1n) is 10.1. The number of aromatic hydroxyl groups is 1. The van der Waals surface area contributed by atoms with E-state index in [9.17, 15) is 32.7 Å². The van der Waals surface area contributed by atoms with Crippen LogP contribution in [0.1, 0.15) is 30.0 Å². The summed E-state index contributed by atoms with van der Waals surface area (Å²) in [4.78, 5) is 35.7. The number of amides is 4. The number of piperidine rings is 1. The molecule has 4 rings (SSSR count). The molecule has 12 heteroatoms. The van der Waals surface area contributed by atoms with Crippen molar-refractivity contribution in [2.45, 2.75) is 31.6 Å². The molecule has 0 saturated carbocycles. The van der Waals surface area contributed by atoms with E-state index >= 15 is 0 Å². The van der Waals surface area contributed by atoms with Crippen LogP contribution in [0.15, 0.2) is 42.6 Å². The van der Waals surface area contributed by atoms with Crippen LogP contribution in [0.5, 0.6) is 5.88 Å². The molecular weight excluding hydrogens is 477 g/mol. The van der Waals surface area contributed by atoms with Crippen LogP contribution in [0.3, 0.4) is 0 Å². The minimum atomic E-state index is -4.58. The van der Waals surface area contributed by atoms with Crippen molar-refractivity contribution in [3.8, 4) is 5.88 Å². The summed E-state index contributed by atoms with van der Waals surface area (Å²) in [6.07, 6.45) is -2.59. The molecule has 0 bridgehead atoms. The second-order valence-corrected chi connectivity index (χ2v) is 8.16. The molecule has 0 spiro atoms. The number of carbonyl (C=O) groups excluding carboxylic acids is 3. The highest BCUT2D eigenvalue weighted by Gasteiger charge is 2.31. The summed E-state index contributed by atoms with van der Waals surface area (Å²) in [6.45, 7) is 0.0305. The summed E-state index contributed by atoms with van der Waals surface area (Å²) in [7, 11) is 0. The van der Waals surface area contributed by atoms with Crippen LogP contribution in [0.4, 0.5) is 23.7 Å². The lowest BCUT2D eigenvalue weighted by molar-refractivity contribution is -0.138. The van der Waals surface area contributed by atoms with Crippen molar-refractivity contribution in [3.63, 3.8) is 0 Å². The summed E-state index contributed by atoms with van der Waals surface area (Å²) >= 11 is 5.89. The molecular formula is C22H18ClF3N4O4. The van der Waals surface area contributed by atoms with E-state index in [0.717, 1.165) is 18.2 Å². The van der Waals surface area contributed by atoms with Gasteiger partial charge in [-0.15, -0.1) is 0 Å². The minimum Gasteiger partial charge on any atom is -0.494 e. The Hall–Kier alpha value is -3.73. The maximum absolute atomic E-state index is 12.9. The topological polar surface area (TPSA) is 112 Å². The van der Waals surface area contributed by atoms with Gasteiger partial charge in [0, 0.05) is 29.9 Å². The largest absolute Gasteiger partial charge is 0.494 e. The maximum atomic E-state index is 12.9. The van der Waals surface area contributed by atoms with E-state index in [-0.39, 0.29) is 41.9 Å². The van der Waals surface area contributed by atoms with Gasteiger partial charge in [-0.3, -0.25) is 14.9 Å². The van der Waals surface area contributed by atoms with E-state index in [1.165, 1.54) is 4.57 Å². The molecule has 3 aromatic rings. The highest BCUT2D eigenvalue weighted by molar-refractivity contribution is 6.33. The van der Waals surface area contributed by atoms with Crippen molar-refractivity contribution in [1.82, 2.24) is 15.2 Å². The van der Waals surface area contributed by atoms with Crippen LogP contribution >= 0.6 is 11.6 Å². The van der Waals surface area contributed by atoms with Gasteiger partial charge in [-0.2, -0.15) is 13.2 Å². The molecule has 4 amide bonds. The Labute approximate surface area is 195 Å². The number of nitrogens with zero attached hydrogens (tertiary/aromatic N) is 1. The molecule has 0 radical (unpaired) electrons. The average molecular weight is 495 g/mol. The minimum absolute atomic E-state index is 0.0305. The number of rotatable bonds is 4. The molecule has 1 atom stereocenters. The highest BCUT2D eigenvalue weighted by atomic mass is 35.5. The van der Waals surface area contributed by atoms with E-state index in [0.29, 0.717) is 16.3 Å². The zero-order valence-corrected chi connectivity index (χ0v) is 18.1. The molecule has 2 aromatic carbocycles. The van der Waals surface area contributed by atoms with Crippen LogP contribution in [-0.2, 0) is 22.3 Å². The van der Waals surface area contributed by atoms with Crippen LogP contribution in [0, 0.1) is 0 Å². The predicted molar refractivity (Wildman–Crippen MR) is 117 cm³/mol. The molecule has 0 aliphatic carbocycles. The highest BCUT2D eigenvalue weighted by Crippen LogP contribution is 2.35. The number of aromatic nitrogens is 1. The van der Waals surface area contributed by atoms with Crippen molar-refractivity contribution >= 4 is 45.9 Å². The fraction of sp³-hybridized carbons (Fsp3) is 0.227. The normalized spacial score (nSPS) is 16.4. The van der Waals surface area contributed by atoms with E-state index in [1.54, 1.807) is 24.4 Å². The third-order valence-corrected chi connectivity index (χ3v) is 5.75.